The van der Waals surface area contributed by atoms with Crippen molar-refractivity contribution in [3.8, 4) is 0 Å². The third kappa shape index (κ3) is 2.08. The Bertz CT molecular complexity index is 558. The van der Waals surface area contributed by atoms with Crippen LogP contribution in [0.2, 0.25) is 0 Å². The molecule has 94 valence electrons. The fraction of sp³-hybridized carbons (Fsp3) is 0.333. The summed E-state index contributed by atoms with van der Waals surface area (Å²) in [4.78, 5) is 25.3. The van der Waals surface area contributed by atoms with E-state index in [0.717, 1.165) is 22.3 Å². The smallest absolute Gasteiger partial charge is 0.254 e. The predicted molar refractivity (Wildman–Crippen MR) is 70.5 cm³/mol. The molecule has 2 rings (SSSR count). The molecule has 0 N–H and O–H groups in total. The van der Waals surface area contributed by atoms with Crippen LogP contribution >= 0.6 is 0 Å². The third-order valence-corrected chi connectivity index (χ3v) is 3.37. The Labute approximate surface area is 107 Å². The zero-order chi connectivity index (χ0) is 13.4. The van der Waals surface area contributed by atoms with Crippen molar-refractivity contribution in [2.24, 2.45) is 0 Å². The quantitative estimate of drug-likeness (QED) is 0.764. The lowest BCUT2D eigenvalue weighted by atomic mass is 9.96. The first-order valence-corrected chi connectivity index (χ1v) is 5.96. The van der Waals surface area contributed by atoms with Crippen molar-refractivity contribution in [2.75, 3.05) is 7.05 Å². The molecule has 1 aromatic carbocycles. The minimum Gasteiger partial charge on any atom is -0.337 e. The molecule has 0 radical (unpaired) electrons. The Balaban J connectivity index is 2.37. The van der Waals surface area contributed by atoms with Crippen LogP contribution in [0.3, 0.4) is 0 Å². The highest BCUT2D eigenvalue weighted by molar-refractivity contribution is 5.99. The molecule has 0 bridgehead atoms. The Morgan fingerprint density at radius 3 is 2.72 bits per heavy atom. The summed E-state index contributed by atoms with van der Waals surface area (Å²) >= 11 is 0. The van der Waals surface area contributed by atoms with Crippen LogP contribution in [0.5, 0.6) is 0 Å². The minimum atomic E-state index is 0.0249. The van der Waals surface area contributed by atoms with Gasteiger partial charge in [0, 0.05) is 25.6 Å². The van der Waals surface area contributed by atoms with Crippen LogP contribution in [-0.4, -0.2) is 23.6 Å². The lowest BCUT2D eigenvalue weighted by molar-refractivity contribution is -0.114. The molecule has 0 saturated heterocycles. The zero-order valence-corrected chi connectivity index (χ0v) is 11.0. The molecule has 0 aliphatic carbocycles. The average Bonchev–Trinajstić information content (AvgIpc) is 2.55. The van der Waals surface area contributed by atoms with Crippen molar-refractivity contribution in [1.82, 2.24) is 4.90 Å². The van der Waals surface area contributed by atoms with Crippen molar-refractivity contribution in [3.05, 3.63) is 46.5 Å². The van der Waals surface area contributed by atoms with Crippen LogP contribution in [0, 0.1) is 6.92 Å². The van der Waals surface area contributed by atoms with Gasteiger partial charge in [0.1, 0.15) is 0 Å². The maximum absolute atomic E-state index is 11.9. The summed E-state index contributed by atoms with van der Waals surface area (Å²) in [5.41, 5.74) is 4.31. The van der Waals surface area contributed by atoms with Crippen LogP contribution in [0.4, 0.5) is 0 Å². The number of nitrogens with zero attached hydrogens (tertiary/aromatic N) is 1. The normalized spacial score (nSPS) is 13.7. The summed E-state index contributed by atoms with van der Waals surface area (Å²) in [6.07, 6.45) is 0.325. The van der Waals surface area contributed by atoms with E-state index in [-0.39, 0.29) is 11.7 Å². The first-order chi connectivity index (χ1) is 8.40. The summed E-state index contributed by atoms with van der Waals surface area (Å²) in [5.74, 6) is 0.0610. The van der Waals surface area contributed by atoms with Gasteiger partial charge in [0.15, 0.2) is 5.78 Å². The van der Waals surface area contributed by atoms with Crippen LogP contribution < -0.4 is 0 Å². The molecule has 0 unspecified atom stereocenters. The molecule has 3 nitrogen and oxygen atoms in total. The molecule has 1 aliphatic heterocycles. The highest BCUT2D eigenvalue weighted by Crippen LogP contribution is 2.25. The van der Waals surface area contributed by atoms with E-state index in [0.29, 0.717) is 18.5 Å². The van der Waals surface area contributed by atoms with Gasteiger partial charge in [-0.1, -0.05) is 12.6 Å². The van der Waals surface area contributed by atoms with E-state index in [2.05, 4.69) is 6.58 Å². The number of hydrogen-bond acceptors (Lipinski definition) is 2. The van der Waals surface area contributed by atoms with Gasteiger partial charge in [-0.2, -0.15) is 0 Å². The van der Waals surface area contributed by atoms with Crippen molar-refractivity contribution in [2.45, 2.75) is 26.8 Å². The number of allylic oxidation sites excluding steroid dienone is 1. The minimum absolute atomic E-state index is 0.0249. The second kappa shape index (κ2) is 4.41. The van der Waals surface area contributed by atoms with E-state index < -0.39 is 0 Å². The highest BCUT2D eigenvalue weighted by Gasteiger charge is 2.25. The number of fused-ring (bicyclic) bond motifs is 1. The fourth-order valence-corrected chi connectivity index (χ4v) is 2.19. The number of aryl methyl sites for hydroxylation is 1. The van der Waals surface area contributed by atoms with Gasteiger partial charge in [-0.3, -0.25) is 9.59 Å². The van der Waals surface area contributed by atoms with E-state index in [9.17, 15) is 9.59 Å². The number of amides is 1. The first kappa shape index (κ1) is 12.6. The summed E-state index contributed by atoms with van der Waals surface area (Å²) in [6, 6.07) is 3.87. The van der Waals surface area contributed by atoms with E-state index in [4.69, 9.17) is 0 Å². The van der Waals surface area contributed by atoms with Crippen LogP contribution in [-0.2, 0) is 17.8 Å². The molecule has 1 heterocycles. The molecule has 1 aliphatic rings. The number of carbonyl (C=O) groups excluding carboxylic acids is 2. The molecule has 1 amide bonds. The summed E-state index contributed by atoms with van der Waals surface area (Å²) in [7, 11) is 1.79. The van der Waals surface area contributed by atoms with Gasteiger partial charge in [-0.15, -0.1) is 0 Å². The van der Waals surface area contributed by atoms with Crippen LogP contribution in [0.15, 0.2) is 24.3 Å². The Kier molecular flexibility index (Phi) is 3.07. The molecule has 3 heteroatoms. The highest BCUT2D eigenvalue weighted by atomic mass is 16.2. The zero-order valence-electron chi connectivity index (χ0n) is 11.0. The molecular weight excluding hydrogens is 226 g/mol. The Hall–Kier alpha value is -1.90. The lowest BCUT2D eigenvalue weighted by Crippen LogP contribution is -2.17. The largest absolute Gasteiger partial charge is 0.337 e. The van der Waals surface area contributed by atoms with Gasteiger partial charge in [-0.05, 0) is 42.2 Å². The van der Waals surface area contributed by atoms with Gasteiger partial charge < -0.3 is 4.90 Å². The van der Waals surface area contributed by atoms with E-state index in [1.165, 1.54) is 0 Å². The van der Waals surface area contributed by atoms with Crippen molar-refractivity contribution >= 4 is 11.7 Å². The van der Waals surface area contributed by atoms with E-state index in [1.807, 2.05) is 19.1 Å². The summed E-state index contributed by atoms with van der Waals surface area (Å²) < 4.78 is 0. The molecular formula is C15H17NO2. The second-order valence-electron chi connectivity index (χ2n) is 4.98. The molecule has 0 saturated carbocycles. The molecule has 0 aromatic heterocycles. The molecule has 0 spiro atoms. The van der Waals surface area contributed by atoms with E-state index >= 15 is 0 Å². The summed E-state index contributed by atoms with van der Waals surface area (Å²) in [6.45, 7) is 8.00. The number of benzene rings is 1. The SMILES string of the molecule is C=C(C)C(=O)Cc1cc2c(cc1C)CN(C)C2=O. The Morgan fingerprint density at radius 1 is 1.44 bits per heavy atom. The number of rotatable bonds is 3. The second-order valence-corrected chi connectivity index (χ2v) is 4.98. The average molecular weight is 243 g/mol. The number of carbonyl (C=O) groups is 2. The first-order valence-electron chi connectivity index (χ1n) is 5.96. The van der Waals surface area contributed by atoms with Crippen molar-refractivity contribution in [3.63, 3.8) is 0 Å². The standard InChI is InChI=1S/C15H17NO2/c1-9(2)14(17)7-11-6-13-12(5-10(11)3)8-16(4)15(13)18/h5-6H,1,7-8H2,2-4H3. The predicted octanol–water partition coefficient (Wildman–Crippen LogP) is 2.27. The van der Waals surface area contributed by atoms with Gasteiger partial charge in [0.2, 0.25) is 0 Å². The number of hydrogen-bond donors (Lipinski definition) is 0. The van der Waals surface area contributed by atoms with Gasteiger partial charge in [0.25, 0.3) is 5.91 Å². The molecule has 1 aromatic rings. The van der Waals surface area contributed by atoms with Gasteiger partial charge in [0.05, 0.1) is 0 Å². The molecule has 18 heavy (non-hydrogen) atoms. The maximum atomic E-state index is 11.9. The monoisotopic (exact) mass is 243 g/mol. The van der Waals surface area contributed by atoms with Crippen LogP contribution in [0.1, 0.15) is 34.0 Å². The third-order valence-electron chi connectivity index (χ3n) is 3.37. The Morgan fingerprint density at radius 2 is 2.11 bits per heavy atom. The van der Waals surface area contributed by atoms with Crippen molar-refractivity contribution in [1.29, 1.82) is 0 Å². The van der Waals surface area contributed by atoms with Crippen LogP contribution in [0.25, 0.3) is 0 Å². The van der Waals surface area contributed by atoms with Gasteiger partial charge >= 0.3 is 0 Å². The summed E-state index contributed by atoms with van der Waals surface area (Å²) in [5, 5.41) is 0. The fourth-order valence-electron chi connectivity index (χ4n) is 2.19. The maximum Gasteiger partial charge on any atom is 0.254 e. The van der Waals surface area contributed by atoms with Crippen molar-refractivity contribution < 1.29 is 9.59 Å². The van der Waals surface area contributed by atoms with E-state index in [1.54, 1.807) is 18.9 Å². The number of Topliss-reactive ketones (excluding diaryl/α,β-unsaturated/α-hetero) is 1. The molecule has 0 fully saturated rings. The van der Waals surface area contributed by atoms with Gasteiger partial charge in [-0.25, -0.2) is 0 Å². The topological polar surface area (TPSA) is 37.4 Å². The number of ketones is 1. The lowest BCUT2D eigenvalue weighted by Gasteiger charge is -2.07. The molecule has 0 atom stereocenters.